The number of ketones is 1. The van der Waals surface area contributed by atoms with E-state index in [0.29, 0.717) is 12.0 Å². The van der Waals surface area contributed by atoms with E-state index in [1.165, 1.54) is 0 Å². The van der Waals surface area contributed by atoms with Gasteiger partial charge in [-0.05, 0) is 12.0 Å². The Kier molecular flexibility index (Phi) is 4.40. The van der Waals surface area contributed by atoms with Crippen LogP contribution in [0.5, 0.6) is 0 Å². The van der Waals surface area contributed by atoms with Gasteiger partial charge in [-0.25, -0.2) is 8.78 Å². The number of hydrogen-bond acceptors (Lipinski definition) is 1. The topological polar surface area (TPSA) is 17.1 Å². The Morgan fingerprint density at radius 2 is 1.87 bits per heavy atom. The molecule has 1 nitrogen and oxygen atoms in total. The maximum atomic E-state index is 12.7. The summed E-state index contributed by atoms with van der Waals surface area (Å²) < 4.78 is 25.5. The first kappa shape index (κ1) is 11.8. The van der Waals surface area contributed by atoms with Gasteiger partial charge in [0.2, 0.25) is 0 Å². The third-order valence-electron chi connectivity index (χ3n) is 2.25. The molecule has 0 saturated heterocycles. The second kappa shape index (κ2) is 5.59. The van der Waals surface area contributed by atoms with Crippen molar-refractivity contribution < 1.29 is 13.6 Å². The number of carbonyl (C=O) groups excluding carboxylic acids is 1. The SMILES string of the molecule is CCCC(=O)C(c1ccccc1)C(F)F. The van der Waals surface area contributed by atoms with E-state index >= 15 is 0 Å². The minimum Gasteiger partial charge on any atom is -0.299 e. The molecule has 0 aliphatic rings. The average molecular weight is 212 g/mol. The van der Waals surface area contributed by atoms with Gasteiger partial charge in [0, 0.05) is 6.42 Å². The molecule has 0 radical (unpaired) electrons. The molecule has 1 rings (SSSR count). The standard InChI is InChI=1S/C12H14F2O/c1-2-6-10(15)11(12(13)14)9-7-4-3-5-8-9/h3-5,7-8,11-12H,2,6H2,1H3. The van der Waals surface area contributed by atoms with Crippen LogP contribution < -0.4 is 0 Å². The van der Waals surface area contributed by atoms with E-state index in [1.54, 1.807) is 30.3 Å². The van der Waals surface area contributed by atoms with Crippen molar-refractivity contribution in [2.75, 3.05) is 0 Å². The molecule has 1 aromatic carbocycles. The van der Waals surface area contributed by atoms with Crippen LogP contribution in [0.1, 0.15) is 31.2 Å². The fourth-order valence-electron chi connectivity index (χ4n) is 1.53. The molecule has 0 saturated carbocycles. The molecule has 0 N–H and O–H groups in total. The van der Waals surface area contributed by atoms with E-state index in [2.05, 4.69) is 0 Å². The molecule has 0 bridgehead atoms. The number of benzene rings is 1. The summed E-state index contributed by atoms with van der Waals surface area (Å²) in [7, 11) is 0. The van der Waals surface area contributed by atoms with E-state index in [9.17, 15) is 13.6 Å². The summed E-state index contributed by atoms with van der Waals surface area (Å²) in [6.45, 7) is 1.81. The Labute approximate surface area is 88.1 Å². The van der Waals surface area contributed by atoms with Crippen molar-refractivity contribution in [3.63, 3.8) is 0 Å². The number of halogens is 2. The smallest absolute Gasteiger partial charge is 0.252 e. The molecule has 0 spiro atoms. The fourth-order valence-corrected chi connectivity index (χ4v) is 1.53. The van der Waals surface area contributed by atoms with E-state index in [1.807, 2.05) is 6.92 Å². The quantitative estimate of drug-likeness (QED) is 0.731. The molecular formula is C12H14F2O. The lowest BCUT2D eigenvalue weighted by Crippen LogP contribution is -2.19. The Bertz CT molecular complexity index is 309. The molecule has 1 atom stereocenters. The van der Waals surface area contributed by atoms with Crippen LogP contribution >= 0.6 is 0 Å². The lowest BCUT2D eigenvalue weighted by Gasteiger charge is -2.14. The second-order valence-corrected chi connectivity index (χ2v) is 3.44. The van der Waals surface area contributed by atoms with Gasteiger partial charge in [-0.2, -0.15) is 0 Å². The molecule has 0 heterocycles. The Morgan fingerprint density at radius 3 is 2.33 bits per heavy atom. The first-order valence-corrected chi connectivity index (χ1v) is 5.02. The fraction of sp³-hybridized carbons (Fsp3) is 0.417. The molecule has 1 unspecified atom stereocenters. The van der Waals surface area contributed by atoms with Crippen molar-refractivity contribution in [3.8, 4) is 0 Å². The third kappa shape index (κ3) is 3.11. The Balaban J connectivity index is 2.88. The van der Waals surface area contributed by atoms with Crippen molar-refractivity contribution in [2.24, 2.45) is 0 Å². The second-order valence-electron chi connectivity index (χ2n) is 3.44. The minimum absolute atomic E-state index is 0.212. The highest BCUT2D eigenvalue weighted by molar-refractivity contribution is 5.86. The van der Waals surface area contributed by atoms with Gasteiger partial charge in [0.25, 0.3) is 6.43 Å². The summed E-state index contributed by atoms with van der Waals surface area (Å²) in [4.78, 5) is 11.5. The number of hydrogen-bond donors (Lipinski definition) is 0. The van der Waals surface area contributed by atoms with Crippen LogP contribution in [-0.4, -0.2) is 12.2 Å². The van der Waals surface area contributed by atoms with Crippen LogP contribution in [0.2, 0.25) is 0 Å². The van der Waals surface area contributed by atoms with Crippen molar-refractivity contribution in [1.82, 2.24) is 0 Å². The maximum Gasteiger partial charge on any atom is 0.252 e. The van der Waals surface area contributed by atoms with Crippen molar-refractivity contribution >= 4 is 5.78 Å². The summed E-state index contributed by atoms with van der Waals surface area (Å²) in [5.74, 6) is -1.63. The monoisotopic (exact) mass is 212 g/mol. The summed E-state index contributed by atoms with van der Waals surface area (Å²) in [6, 6.07) is 8.24. The maximum absolute atomic E-state index is 12.7. The van der Waals surface area contributed by atoms with Crippen LogP contribution in [-0.2, 0) is 4.79 Å². The van der Waals surface area contributed by atoms with Crippen LogP contribution in [0, 0.1) is 0 Å². The molecular weight excluding hydrogens is 198 g/mol. The predicted molar refractivity (Wildman–Crippen MR) is 55.1 cm³/mol. The van der Waals surface area contributed by atoms with Crippen LogP contribution in [0.15, 0.2) is 30.3 Å². The molecule has 0 aliphatic heterocycles. The average Bonchev–Trinajstić information content (AvgIpc) is 2.19. The number of alkyl halides is 2. The molecule has 15 heavy (non-hydrogen) atoms. The van der Waals surface area contributed by atoms with Gasteiger partial charge < -0.3 is 0 Å². The van der Waals surface area contributed by atoms with Crippen molar-refractivity contribution in [2.45, 2.75) is 32.1 Å². The Hall–Kier alpha value is -1.25. The third-order valence-corrected chi connectivity index (χ3v) is 2.25. The first-order valence-electron chi connectivity index (χ1n) is 5.02. The van der Waals surface area contributed by atoms with E-state index < -0.39 is 12.3 Å². The largest absolute Gasteiger partial charge is 0.299 e. The zero-order valence-electron chi connectivity index (χ0n) is 8.62. The van der Waals surface area contributed by atoms with Crippen molar-refractivity contribution in [1.29, 1.82) is 0 Å². The highest BCUT2D eigenvalue weighted by Gasteiger charge is 2.28. The van der Waals surface area contributed by atoms with Crippen LogP contribution in [0.4, 0.5) is 8.78 Å². The summed E-state index contributed by atoms with van der Waals surface area (Å²) in [5.41, 5.74) is 0.408. The highest BCUT2D eigenvalue weighted by atomic mass is 19.3. The lowest BCUT2D eigenvalue weighted by atomic mass is 9.93. The zero-order valence-corrected chi connectivity index (χ0v) is 8.62. The van der Waals surface area contributed by atoms with Gasteiger partial charge in [-0.3, -0.25) is 4.79 Å². The van der Waals surface area contributed by atoms with Crippen LogP contribution in [0.25, 0.3) is 0 Å². The van der Waals surface area contributed by atoms with E-state index in [0.717, 1.165) is 0 Å². The summed E-state index contributed by atoms with van der Waals surface area (Å²) >= 11 is 0. The molecule has 0 aromatic heterocycles. The number of rotatable bonds is 5. The van der Waals surface area contributed by atoms with Crippen LogP contribution in [0.3, 0.4) is 0 Å². The molecule has 1 aromatic rings. The van der Waals surface area contributed by atoms with Gasteiger partial charge in [0.1, 0.15) is 11.7 Å². The van der Waals surface area contributed by atoms with E-state index in [4.69, 9.17) is 0 Å². The van der Waals surface area contributed by atoms with Gasteiger partial charge in [0.05, 0.1) is 0 Å². The Morgan fingerprint density at radius 1 is 1.27 bits per heavy atom. The van der Waals surface area contributed by atoms with Gasteiger partial charge in [-0.1, -0.05) is 37.3 Å². The predicted octanol–water partition coefficient (Wildman–Crippen LogP) is 3.40. The van der Waals surface area contributed by atoms with Gasteiger partial charge in [0.15, 0.2) is 0 Å². The number of Topliss-reactive ketones (excluding diaryl/α,β-unsaturated/α-hetero) is 1. The molecule has 82 valence electrons. The molecule has 0 aliphatic carbocycles. The number of carbonyl (C=O) groups is 1. The first-order chi connectivity index (χ1) is 7.16. The molecule has 3 heteroatoms. The van der Waals surface area contributed by atoms with Gasteiger partial charge in [-0.15, -0.1) is 0 Å². The minimum atomic E-state index is -2.62. The summed E-state index contributed by atoms with van der Waals surface area (Å²) in [5, 5.41) is 0. The summed E-state index contributed by atoms with van der Waals surface area (Å²) in [6.07, 6.45) is -1.80. The van der Waals surface area contributed by atoms with Crippen molar-refractivity contribution in [3.05, 3.63) is 35.9 Å². The molecule has 0 amide bonds. The molecule has 0 fully saturated rings. The highest BCUT2D eigenvalue weighted by Crippen LogP contribution is 2.25. The van der Waals surface area contributed by atoms with Gasteiger partial charge >= 0.3 is 0 Å². The van der Waals surface area contributed by atoms with E-state index in [-0.39, 0.29) is 12.2 Å². The zero-order chi connectivity index (χ0) is 11.3. The normalized spacial score (nSPS) is 12.8. The lowest BCUT2D eigenvalue weighted by molar-refractivity contribution is -0.123.